The number of para-hydroxylation sites is 1. The lowest BCUT2D eigenvalue weighted by molar-refractivity contribution is -0.144. The molecule has 1 aromatic heterocycles. The van der Waals surface area contributed by atoms with Crippen LogP contribution in [-0.4, -0.2) is 27.1 Å². The maximum Gasteiger partial charge on any atom is 0.329 e. The smallest absolute Gasteiger partial charge is 0.329 e. The largest absolute Gasteiger partial charge is 0.480 e. The van der Waals surface area contributed by atoms with Crippen molar-refractivity contribution in [3.8, 4) is 0 Å². The molecule has 1 amide bonds. The first-order chi connectivity index (χ1) is 10.9. The number of carbonyl (C=O) groups is 2. The summed E-state index contributed by atoms with van der Waals surface area (Å²) in [5.41, 5.74) is 2.44. The van der Waals surface area contributed by atoms with Crippen LogP contribution in [0, 0.1) is 13.8 Å². The zero-order valence-electron chi connectivity index (χ0n) is 13.8. The Kier molecular flexibility index (Phi) is 3.66. The van der Waals surface area contributed by atoms with Crippen molar-refractivity contribution in [2.24, 2.45) is 7.05 Å². The normalized spacial score (nSPS) is 16.7. The Labute approximate surface area is 135 Å². The Morgan fingerprint density at radius 1 is 1.22 bits per heavy atom. The molecule has 0 bridgehead atoms. The van der Waals surface area contributed by atoms with Gasteiger partial charge in [-0.1, -0.05) is 31.0 Å². The van der Waals surface area contributed by atoms with Gasteiger partial charge in [-0.2, -0.15) is 0 Å². The van der Waals surface area contributed by atoms with Gasteiger partial charge >= 0.3 is 5.97 Å². The van der Waals surface area contributed by atoms with E-state index in [0.717, 1.165) is 34.9 Å². The van der Waals surface area contributed by atoms with Crippen molar-refractivity contribution < 1.29 is 14.7 Å². The summed E-state index contributed by atoms with van der Waals surface area (Å²) in [6.07, 6.45) is 2.66. The van der Waals surface area contributed by atoms with Crippen molar-refractivity contribution in [2.45, 2.75) is 45.1 Å². The van der Waals surface area contributed by atoms with Crippen LogP contribution in [0.25, 0.3) is 10.9 Å². The van der Waals surface area contributed by atoms with Crippen molar-refractivity contribution in [2.75, 3.05) is 0 Å². The summed E-state index contributed by atoms with van der Waals surface area (Å²) in [5.74, 6) is -1.24. The molecule has 0 atom stereocenters. The number of carboxylic acid groups (broad SMARTS) is 1. The Balaban J connectivity index is 2.05. The minimum Gasteiger partial charge on any atom is -0.480 e. The lowest BCUT2D eigenvalue weighted by Gasteiger charge is -2.25. The van der Waals surface area contributed by atoms with Crippen LogP contribution in [-0.2, 0) is 11.8 Å². The number of amides is 1. The minimum atomic E-state index is -1.12. The summed E-state index contributed by atoms with van der Waals surface area (Å²) in [5, 5.41) is 13.4. The molecular weight excluding hydrogens is 292 g/mol. The molecule has 2 N–H and O–H groups in total. The number of nitrogens with one attached hydrogen (secondary N) is 1. The topological polar surface area (TPSA) is 71.3 Å². The first-order valence-electron chi connectivity index (χ1n) is 7.98. The molecule has 3 rings (SSSR count). The van der Waals surface area contributed by atoms with E-state index in [4.69, 9.17) is 0 Å². The lowest BCUT2D eigenvalue weighted by Crippen LogP contribution is -2.52. The van der Waals surface area contributed by atoms with Crippen LogP contribution in [0.2, 0.25) is 0 Å². The van der Waals surface area contributed by atoms with E-state index < -0.39 is 11.5 Å². The quantitative estimate of drug-likeness (QED) is 0.915. The van der Waals surface area contributed by atoms with Gasteiger partial charge in [-0.3, -0.25) is 4.79 Å². The van der Waals surface area contributed by atoms with E-state index in [9.17, 15) is 14.7 Å². The minimum absolute atomic E-state index is 0.301. The van der Waals surface area contributed by atoms with Gasteiger partial charge in [-0.15, -0.1) is 0 Å². The molecule has 0 unspecified atom stereocenters. The molecule has 0 spiro atoms. The molecule has 0 saturated heterocycles. The maximum absolute atomic E-state index is 12.8. The SMILES string of the molecule is Cc1c(C(=O)NC2(C(=O)O)CCCC2)n(C)c2c(C)cccc12. The number of carbonyl (C=O) groups excluding carboxylic acids is 1. The van der Waals surface area contributed by atoms with Crippen LogP contribution < -0.4 is 5.32 Å². The molecule has 1 aromatic carbocycles. The average molecular weight is 314 g/mol. The van der Waals surface area contributed by atoms with E-state index in [1.54, 1.807) is 0 Å². The second-order valence-corrected chi connectivity index (χ2v) is 6.55. The zero-order valence-corrected chi connectivity index (χ0v) is 13.8. The highest BCUT2D eigenvalue weighted by Crippen LogP contribution is 2.32. The van der Waals surface area contributed by atoms with Crippen molar-refractivity contribution in [1.29, 1.82) is 0 Å². The fourth-order valence-electron chi connectivity index (χ4n) is 3.87. The van der Waals surface area contributed by atoms with Crippen LogP contribution in [0.5, 0.6) is 0 Å². The van der Waals surface area contributed by atoms with Gasteiger partial charge in [0.1, 0.15) is 11.2 Å². The number of benzene rings is 1. The molecule has 0 radical (unpaired) electrons. The van der Waals surface area contributed by atoms with Crippen LogP contribution >= 0.6 is 0 Å². The highest BCUT2D eigenvalue weighted by Gasteiger charge is 2.43. The van der Waals surface area contributed by atoms with Crippen LogP contribution in [0.1, 0.15) is 47.3 Å². The number of nitrogens with zero attached hydrogens (tertiary/aromatic N) is 1. The molecule has 1 heterocycles. The first kappa shape index (κ1) is 15.6. The number of aryl methyl sites for hydroxylation is 3. The number of carboxylic acids is 1. The molecule has 23 heavy (non-hydrogen) atoms. The zero-order chi connectivity index (χ0) is 16.8. The van der Waals surface area contributed by atoms with Gasteiger partial charge < -0.3 is 15.0 Å². The van der Waals surface area contributed by atoms with Crippen LogP contribution in [0.3, 0.4) is 0 Å². The van der Waals surface area contributed by atoms with E-state index in [-0.39, 0.29) is 5.91 Å². The first-order valence-corrected chi connectivity index (χ1v) is 7.98. The van der Waals surface area contributed by atoms with E-state index in [0.29, 0.717) is 18.5 Å². The van der Waals surface area contributed by atoms with Crippen molar-refractivity contribution >= 4 is 22.8 Å². The molecular formula is C18H22N2O3. The molecule has 2 aromatic rings. The Hall–Kier alpha value is -2.30. The average Bonchev–Trinajstić information content (AvgIpc) is 3.05. The molecule has 1 aliphatic rings. The molecule has 0 aliphatic heterocycles. The second-order valence-electron chi connectivity index (χ2n) is 6.55. The highest BCUT2D eigenvalue weighted by molar-refractivity contribution is 6.04. The Morgan fingerprint density at radius 3 is 2.43 bits per heavy atom. The van der Waals surface area contributed by atoms with Crippen molar-refractivity contribution in [3.05, 3.63) is 35.0 Å². The summed E-state index contributed by atoms with van der Waals surface area (Å²) in [4.78, 5) is 24.5. The van der Waals surface area contributed by atoms with E-state index in [2.05, 4.69) is 5.32 Å². The predicted octanol–water partition coefficient (Wildman–Crippen LogP) is 2.92. The van der Waals surface area contributed by atoms with Crippen molar-refractivity contribution in [3.63, 3.8) is 0 Å². The molecule has 1 fully saturated rings. The molecule has 5 heteroatoms. The maximum atomic E-state index is 12.8. The summed E-state index contributed by atoms with van der Waals surface area (Å²) < 4.78 is 1.87. The molecule has 1 aliphatic carbocycles. The number of aliphatic carboxylic acids is 1. The third-order valence-corrected chi connectivity index (χ3v) is 5.10. The number of aromatic nitrogens is 1. The summed E-state index contributed by atoms with van der Waals surface area (Å²) in [6, 6.07) is 5.98. The number of fused-ring (bicyclic) bond motifs is 1. The van der Waals surface area contributed by atoms with Gasteiger partial charge in [0.2, 0.25) is 0 Å². The van der Waals surface area contributed by atoms with E-state index in [1.807, 2.05) is 43.7 Å². The number of hydrogen-bond donors (Lipinski definition) is 2. The fraction of sp³-hybridized carbons (Fsp3) is 0.444. The standard InChI is InChI=1S/C18H22N2O3/c1-11-7-6-8-13-12(2)15(20(3)14(11)13)16(21)19-18(17(22)23)9-4-5-10-18/h6-8H,4-5,9-10H2,1-3H3,(H,19,21)(H,22,23). The number of rotatable bonds is 3. The Bertz CT molecular complexity index is 798. The van der Waals surface area contributed by atoms with Gasteiger partial charge in [0, 0.05) is 12.4 Å². The monoisotopic (exact) mass is 314 g/mol. The van der Waals surface area contributed by atoms with E-state index >= 15 is 0 Å². The van der Waals surface area contributed by atoms with Crippen LogP contribution in [0.4, 0.5) is 0 Å². The molecule has 5 nitrogen and oxygen atoms in total. The van der Waals surface area contributed by atoms with Gasteiger partial charge in [-0.25, -0.2) is 4.79 Å². The van der Waals surface area contributed by atoms with Gasteiger partial charge in [0.25, 0.3) is 5.91 Å². The molecule has 122 valence electrons. The van der Waals surface area contributed by atoms with Crippen molar-refractivity contribution in [1.82, 2.24) is 9.88 Å². The fourth-order valence-corrected chi connectivity index (χ4v) is 3.87. The Morgan fingerprint density at radius 2 is 1.87 bits per heavy atom. The summed E-state index contributed by atoms with van der Waals surface area (Å²) in [7, 11) is 1.86. The third kappa shape index (κ3) is 2.31. The van der Waals surface area contributed by atoms with Crippen LogP contribution in [0.15, 0.2) is 18.2 Å². The summed E-state index contributed by atoms with van der Waals surface area (Å²) in [6.45, 7) is 3.93. The number of hydrogen-bond acceptors (Lipinski definition) is 2. The molecule has 1 saturated carbocycles. The third-order valence-electron chi connectivity index (χ3n) is 5.10. The predicted molar refractivity (Wildman–Crippen MR) is 88.7 cm³/mol. The van der Waals surface area contributed by atoms with E-state index in [1.165, 1.54) is 0 Å². The van der Waals surface area contributed by atoms with Gasteiger partial charge in [-0.05, 0) is 37.8 Å². The summed E-state index contributed by atoms with van der Waals surface area (Å²) >= 11 is 0. The second kappa shape index (κ2) is 5.41. The van der Waals surface area contributed by atoms with Gasteiger partial charge in [0.15, 0.2) is 0 Å². The lowest BCUT2D eigenvalue weighted by atomic mass is 9.97. The van der Waals surface area contributed by atoms with Gasteiger partial charge in [0.05, 0.1) is 5.52 Å². The highest BCUT2D eigenvalue weighted by atomic mass is 16.4.